The van der Waals surface area contributed by atoms with Crippen LogP contribution < -0.4 is 0 Å². The van der Waals surface area contributed by atoms with Crippen LogP contribution in [0.1, 0.15) is 52.9 Å². The minimum absolute atomic E-state index is 0.576. The van der Waals surface area contributed by atoms with Gasteiger partial charge in [0.2, 0.25) is 0 Å². The van der Waals surface area contributed by atoms with E-state index in [1.807, 2.05) is 0 Å². The zero-order chi connectivity index (χ0) is 14.3. The Kier molecular flexibility index (Phi) is 8.15. The fourth-order valence-corrected chi connectivity index (χ4v) is 4.47. The minimum Gasteiger partial charge on any atom is -0.481 e. The topological polar surface area (TPSA) is 74.6 Å². The molecule has 1 aliphatic carbocycles. The normalized spacial score (nSPS) is 23.8. The zero-order valence-corrected chi connectivity index (χ0v) is 13.9. The average Bonchev–Trinajstić information content (AvgIpc) is 2.14. The van der Waals surface area contributed by atoms with E-state index in [1.54, 1.807) is 0 Å². The Morgan fingerprint density at radius 2 is 1.56 bits per heavy atom. The van der Waals surface area contributed by atoms with Gasteiger partial charge in [-0.05, 0) is 0 Å². The van der Waals surface area contributed by atoms with Crippen LogP contribution in [0.25, 0.3) is 0 Å². The molecule has 1 saturated carbocycles. The Morgan fingerprint density at radius 1 is 1.11 bits per heavy atom. The summed E-state index contributed by atoms with van der Waals surface area (Å²) in [6, 6.07) is 0. The summed E-state index contributed by atoms with van der Waals surface area (Å²) in [5.74, 6) is -1.59. The van der Waals surface area contributed by atoms with Crippen molar-refractivity contribution in [3.63, 3.8) is 0 Å². The van der Waals surface area contributed by atoms with Crippen LogP contribution in [-0.4, -0.2) is 50.1 Å². The summed E-state index contributed by atoms with van der Waals surface area (Å²) in [6.07, 6.45) is 5.20. The van der Waals surface area contributed by atoms with Crippen molar-refractivity contribution in [1.82, 2.24) is 0 Å². The van der Waals surface area contributed by atoms with Gasteiger partial charge in [0.1, 0.15) is 6.42 Å². The van der Waals surface area contributed by atoms with Gasteiger partial charge in [0, 0.05) is 0 Å². The number of hydrogen-bond donors (Lipinski definition) is 2. The van der Waals surface area contributed by atoms with Gasteiger partial charge >= 0.3 is 101 Å². The van der Waals surface area contributed by atoms with Gasteiger partial charge < -0.3 is 10.2 Å². The first kappa shape index (κ1) is 17.9. The van der Waals surface area contributed by atoms with Crippen LogP contribution in [0, 0.1) is 11.3 Å². The van der Waals surface area contributed by atoms with Crippen molar-refractivity contribution in [3.8, 4) is 0 Å². The van der Waals surface area contributed by atoms with Crippen molar-refractivity contribution >= 4 is 39.9 Å². The van der Waals surface area contributed by atoms with Gasteiger partial charge in [-0.1, -0.05) is 0 Å². The van der Waals surface area contributed by atoms with Gasteiger partial charge in [0.15, 0.2) is 0 Å². The molecule has 0 spiro atoms. The maximum Gasteiger partial charge on any atom is 0.314 e. The number of hydrogen-bond acceptors (Lipinski definition) is 2. The molecule has 2 unspecified atom stereocenters. The summed E-state index contributed by atoms with van der Waals surface area (Å²) < 4.78 is 1.10. The summed E-state index contributed by atoms with van der Waals surface area (Å²) >= 11 is 1.41. The smallest absolute Gasteiger partial charge is 0.314 e. The number of carbonyl (C=O) groups is 2. The van der Waals surface area contributed by atoms with Gasteiger partial charge in [-0.3, -0.25) is 9.59 Å². The third-order valence-corrected chi connectivity index (χ3v) is 4.91. The fraction of sp³-hybridized carbons (Fsp3) is 0.846. The summed E-state index contributed by atoms with van der Waals surface area (Å²) in [5.41, 5.74) is 0.576. The third-order valence-electron chi connectivity index (χ3n) is 3.53. The molecule has 0 radical (unpaired) electrons. The molecule has 0 heterocycles. The number of rotatable bonds is 2. The van der Waals surface area contributed by atoms with E-state index in [0.29, 0.717) is 5.41 Å². The molecule has 0 aliphatic heterocycles. The van der Waals surface area contributed by atoms with E-state index in [9.17, 15) is 9.59 Å². The number of aliphatic carboxylic acids is 2. The number of carboxylic acids is 2. The molecule has 100 valence electrons. The predicted molar refractivity (Wildman–Crippen MR) is 70.8 cm³/mol. The molecule has 0 bridgehead atoms. The molecule has 4 nitrogen and oxygen atoms in total. The standard InChI is InChI=1S/C10H19.C3H4O4.Na/c1-10(2,3)9-7-5-4-6-8-9;4-2(5)1-3(6)7;/h7,9H,4-6,8H2,1-3H3;1H2,(H,4,5)(H,6,7);. The molecule has 0 aromatic carbocycles. The van der Waals surface area contributed by atoms with Gasteiger partial charge in [-0.2, -0.15) is 0 Å². The molecule has 2 atom stereocenters. The van der Waals surface area contributed by atoms with E-state index in [2.05, 4.69) is 20.8 Å². The Bertz CT molecular complexity index is 271. The van der Waals surface area contributed by atoms with Gasteiger partial charge in [-0.15, -0.1) is 0 Å². The molecule has 5 heteroatoms. The molecular weight excluding hydrogens is 243 g/mol. The van der Waals surface area contributed by atoms with Gasteiger partial charge in [0.25, 0.3) is 0 Å². The van der Waals surface area contributed by atoms with Crippen molar-refractivity contribution < 1.29 is 19.8 Å². The summed E-state index contributed by atoms with van der Waals surface area (Å²) in [5, 5.41) is 15.4. The molecule has 0 amide bonds. The van der Waals surface area contributed by atoms with Crippen LogP contribution in [0.15, 0.2) is 0 Å². The molecule has 18 heavy (non-hydrogen) atoms. The monoisotopic (exact) mass is 266 g/mol. The van der Waals surface area contributed by atoms with Crippen molar-refractivity contribution in [2.45, 2.75) is 56.0 Å². The van der Waals surface area contributed by atoms with E-state index < -0.39 is 18.4 Å². The molecule has 2 N–H and O–H groups in total. The van der Waals surface area contributed by atoms with Gasteiger partial charge in [0.05, 0.1) is 0 Å². The Morgan fingerprint density at radius 3 is 1.78 bits per heavy atom. The van der Waals surface area contributed by atoms with Crippen LogP contribution in [0.5, 0.6) is 0 Å². The summed E-state index contributed by atoms with van der Waals surface area (Å²) in [4.78, 5) is 18.9. The second-order valence-corrected chi connectivity index (χ2v) is 7.68. The summed E-state index contributed by atoms with van der Waals surface area (Å²) in [6.45, 7) is 7.23. The van der Waals surface area contributed by atoms with Crippen molar-refractivity contribution in [3.05, 3.63) is 0 Å². The molecule has 1 rings (SSSR count). The quantitative estimate of drug-likeness (QED) is 0.595. The largest absolute Gasteiger partial charge is 0.481 e. The first-order valence-electron chi connectivity index (χ1n) is 6.58. The Balaban J connectivity index is 0.000000360. The Hall–Kier alpha value is -0.0600. The summed E-state index contributed by atoms with van der Waals surface area (Å²) in [7, 11) is 0. The van der Waals surface area contributed by atoms with Crippen LogP contribution in [0.2, 0.25) is 3.17 Å². The molecule has 1 aliphatic rings. The van der Waals surface area contributed by atoms with Crippen molar-refractivity contribution in [2.24, 2.45) is 11.3 Å². The third kappa shape index (κ3) is 8.11. The van der Waals surface area contributed by atoms with E-state index in [0.717, 1.165) is 9.09 Å². The Labute approximate surface area is 127 Å². The molecule has 0 saturated heterocycles. The zero-order valence-electron chi connectivity index (χ0n) is 11.9. The SMILES string of the molecule is CC(C)(C)C1CCCC[CH]1[Na].O=C(O)CC(=O)O. The van der Waals surface area contributed by atoms with E-state index in [4.69, 9.17) is 10.2 Å². The van der Waals surface area contributed by atoms with E-state index in [1.165, 1.54) is 53.6 Å². The van der Waals surface area contributed by atoms with Crippen LogP contribution in [0.4, 0.5) is 0 Å². The predicted octanol–water partition coefficient (Wildman–Crippen LogP) is 2.73. The van der Waals surface area contributed by atoms with Crippen LogP contribution in [0.3, 0.4) is 0 Å². The average molecular weight is 266 g/mol. The van der Waals surface area contributed by atoms with Crippen molar-refractivity contribution in [2.75, 3.05) is 0 Å². The van der Waals surface area contributed by atoms with Crippen molar-refractivity contribution in [1.29, 1.82) is 0 Å². The first-order valence-corrected chi connectivity index (χ1v) is 7.73. The minimum atomic E-state index is -1.31. The maximum absolute atomic E-state index is 9.43. The van der Waals surface area contributed by atoms with Crippen LogP contribution in [-0.2, 0) is 9.59 Å². The van der Waals surface area contributed by atoms with E-state index >= 15 is 0 Å². The van der Waals surface area contributed by atoms with E-state index in [-0.39, 0.29) is 0 Å². The maximum atomic E-state index is 9.43. The first-order chi connectivity index (χ1) is 8.14. The molecule has 1 fully saturated rings. The number of carboxylic acid groups (broad SMARTS) is 2. The fourth-order valence-electron chi connectivity index (χ4n) is 2.73. The molecular formula is C13H23NaO4. The molecule has 0 aromatic heterocycles. The second kappa shape index (κ2) is 8.18. The van der Waals surface area contributed by atoms with Crippen LogP contribution >= 0.6 is 0 Å². The second-order valence-electron chi connectivity index (χ2n) is 6.20. The molecule has 0 aromatic rings. The van der Waals surface area contributed by atoms with Gasteiger partial charge in [-0.25, -0.2) is 0 Å².